The second-order valence-electron chi connectivity index (χ2n) is 4.60. The van der Waals surface area contributed by atoms with Gasteiger partial charge in [-0.3, -0.25) is 4.79 Å². The Kier molecular flexibility index (Phi) is 4.41. The van der Waals surface area contributed by atoms with Gasteiger partial charge >= 0.3 is 5.97 Å². The molecular weight excluding hydrogens is 252 g/mol. The normalized spacial score (nSPS) is 11.8. The highest BCUT2D eigenvalue weighted by Gasteiger charge is 2.08. The molecule has 0 amide bonds. The van der Waals surface area contributed by atoms with Crippen molar-refractivity contribution >= 4 is 5.97 Å². The molecule has 0 radical (unpaired) electrons. The molecule has 0 spiro atoms. The number of esters is 1. The van der Waals surface area contributed by atoms with Crippen LogP contribution in [0.2, 0.25) is 0 Å². The Labute approximate surface area is 119 Å². The summed E-state index contributed by atoms with van der Waals surface area (Å²) >= 11 is 0. The minimum atomic E-state index is -0.267. The van der Waals surface area contributed by atoms with E-state index in [-0.39, 0.29) is 12.1 Å². The van der Waals surface area contributed by atoms with Gasteiger partial charge in [-0.25, -0.2) is 0 Å². The summed E-state index contributed by atoms with van der Waals surface area (Å²) in [4.78, 5) is 10.9. The van der Waals surface area contributed by atoms with E-state index in [9.17, 15) is 4.79 Å². The van der Waals surface area contributed by atoms with Crippen LogP contribution in [-0.2, 0) is 9.53 Å². The lowest BCUT2D eigenvalue weighted by Crippen LogP contribution is -2.04. The van der Waals surface area contributed by atoms with Crippen molar-refractivity contribution in [2.24, 2.45) is 0 Å². The lowest BCUT2D eigenvalue weighted by atomic mass is 10.0. The number of benzene rings is 2. The molecule has 0 heterocycles. The van der Waals surface area contributed by atoms with Gasteiger partial charge in [0.2, 0.25) is 0 Å². The summed E-state index contributed by atoms with van der Waals surface area (Å²) in [5.41, 5.74) is 3.22. The van der Waals surface area contributed by atoms with Crippen molar-refractivity contribution in [1.82, 2.24) is 0 Å². The molecule has 0 aliphatic rings. The number of hydrogen-bond donors (Lipinski definition) is 0. The van der Waals surface area contributed by atoms with E-state index in [1.807, 2.05) is 55.5 Å². The monoisotopic (exact) mass is 270 g/mol. The molecule has 20 heavy (non-hydrogen) atoms. The molecule has 0 saturated carbocycles. The van der Waals surface area contributed by atoms with E-state index >= 15 is 0 Å². The van der Waals surface area contributed by atoms with Gasteiger partial charge in [0, 0.05) is 6.92 Å². The molecular formula is C17H18O3. The zero-order chi connectivity index (χ0) is 14.5. The van der Waals surface area contributed by atoms with E-state index in [0.717, 1.165) is 22.4 Å². The number of methoxy groups -OCH3 is 1. The van der Waals surface area contributed by atoms with Gasteiger partial charge in [0.1, 0.15) is 11.9 Å². The lowest BCUT2D eigenvalue weighted by molar-refractivity contribution is -0.145. The van der Waals surface area contributed by atoms with Crippen LogP contribution in [0.1, 0.15) is 25.5 Å². The molecule has 2 rings (SSSR count). The van der Waals surface area contributed by atoms with E-state index in [4.69, 9.17) is 9.47 Å². The number of rotatable bonds is 4. The Bertz CT molecular complexity index is 570. The largest absolute Gasteiger partial charge is 0.497 e. The molecule has 104 valence electrons. The fraction of sp³-hybridized carbons (Fsp3) is 0.235. The molecule has 0 aromatic heterocycles. The second kappa shape index (κ2) is 6.24. The van der Waals surface area contributed by atoms with E-state index < -0.39 is 0 Å². The fourth-order valence-electron chi connectivity index (χ4n) is 2.05. The van der Waals surface area contributed by atoms with Gasteiger partial charge in [0.05, 0.1) is 7.11 Å². The lowest BCUT2D eigenvalue weighted by Gasteiger charge is -2.12. The quantitative estimate of drug-likeness (QED) is 0.788. The van der Waals surface area contributed by atoms with Crippen molar-refractivity contribution in [3.05, 3.63) is 54.1 Å². The van der Waals surface area contributed by atoms with Crippen molar-refractivity contribution in [3.63, 3.8) is 0 Å². The summed E-state index contributed by atoms with van der Waals surface area (Å²) in [6.45, 7) is 3.28. The van der Waals surface area contributed by atoms with Gasteiger partial charge in [-0.2, -0.15) is 0 Å². The number of carbonyl (C=O) groups excluding carboxylic acids is 1. The number of ether oxygens (including phenoxy) is 2. The van der Waals surface area contributed by atoms with Crippen LogP contribution in [0.15, 0.2) is 48.5 Å². The van der Waals surface area contributed by atoms with Crippen molar-refractivity contribution < 1.29 is 14.3 Å². The smallest absolute Gasteiger partial charge is 0.303 e. The van der Waals surface area contributed by atoms with E-state index in [1.165, 1.54) is 6.92 Å². The van der Waals surface area contributed by atoms with Crippen LogP contribution in [0.4, 0.5) is 0 Å². The van der Waals surface area contributed by atoms with Gasteiger partial charge in [0.25, 0.3) is 0 Å². The van der Waals surface area contributed by atoms with Crippen LogP contribution >= 0.6 is 0 Å². The summed E-state index contributed by atoms with van der Waals surface area (Å²) < 4.78 is 10.3. The maximum Gasteiger partial charge on any atom is 0.303 e. The molecule has 0 bridgehead atoms. The van der Waals surface area contributed by atoms with E-state index in [2.05, 4.69) is 0 Å². The van der Waals surface area contributed by atoms with Gasteiger partial charge in [-0.05, 0) is 35.7 Å². The van der Waals surface area contributed by atoms with Crippen molar-refractivity contribution in [1.29, 1.82) is 0 Å². The zero-order valence-corrected chi connectivity index (χ0v) is 11.9. The van der Waals surface area contributed by atoms with Crippen molar-refractivity contribution in [2.75, 3.05) is 7.11 Å². The summed E-state index contributed by atoms with van der Waals surface area (Å²) in [6.07, 6.45) is -0.225. The molecule has 0 saturated heterocycles. The minimum Gasteiger partial charge on any atom is -0.497 e. The third-order valence-electron chi connectivity index (χ3n) is 3.15. The van der Waals surface area contributed by atoms with Gasteiger partial charge in [0.15, 0.2) is 0 Å². The van der Waals surface area contributed by atoms with Gasteiger partial charge in [-0.1, -0.05) is 36.4 Å². The Hall–Kier alpha value is -2.29. The first kappa shape index (κ1) is 14.1. The summed E-state index contributed by atoms with van der Waals surface area (Å²) in [7, 11) is 1.65. The van der Waals surface area contributed by atoms with E-state index in [0.29, 0.717) is 0 Å². The molecule has 0 aliphatic carbocycles. The standard InChI is InChI=1S/C17H18O3/c1-12(20-13(2)18)14-4-6-15(7-5-14)16-8-10-17(19-3)11-9-16/h4-12H,1-3H3. The zero-order valence-electron chi connectivity index (χ0n) is 11.9. The van der Waals surface area contributed by atoms with Crippen LogP contribution < -0.4 is 4.74 Å². The first-order chi connectivity index (χ1) is 9.60. The Morgan fingerprint density at radius 3 is 1.90 bits per heavy atom. The molecule has 3 heteroatoms. The van der Waals surface area contributed by atoms with Crippen LogP contribution in [0, 0.1) is 0 Å². The molecule has 1 atom stereocenters. The number of hydrogen-bond acceptors (Lipinski definition) is 3. The van der Waals surface area contributed by atoms with Crippen LogP contribution in [0.3, 0.4) is 0 Å². The highest BCUT2D eigenvalue weighted by atomic mass is 16.5. The van der Waals surface area contributed by atoms with Crippen molar-refractivity contribution in [2.45, 2.75) is 20.0 Å². The first-order valence-corrected chi connectivity index (χ1v) is 6.52. The van der Waals surface area contributed by atoms with Crippen LogP contribution in [0.5, 0.6) is 5.75 Å². The fourth-order valence-corrected chi connectivity index (χ4v) is 2.05. The van der Waals surface area contributed by atoms with Gasteiger partial charge in [-0.15, -0.1) is 0 Å². The highest BCUT2D eigenvalue weighted by Crippen LogP contribution is 2.25. The Morgan fingerprint density at radius 1 is 0.950 bits per heavy atom. The average Bonchev–Trinajstić information content (AvgIpc) is 2.47. The maximum atomic E-state index is 10.9. The molecule has 2 aromatic carbocycles. The molecule has 3 nitrogen and oxygen atoms in total. The average molecular weight is 270 g/mol. The summed E-state index contributed by atoms with van der Waals surface area (Å²) in [5.74, 6) is 0.575. The first-order valence-electron chi connectivity index (χ1n) is 6.52. The van der Waals surface area contributed by atoms with Crippen LogP contribution in [-0.4, -0.2) is 13.1 Å². The third kappa shape index (κ3) is 3.38. The summed E-state index contributed by atoms with van der Waals surface area (Å²) in [5, 5.41) is 0. The molecule has 2 aromatic rings. The topological polar surface area (TPSA) is 35.5 Å². The van der Waals surface area contributed by atoms with E-state index in [1.54, 1.807) is 7.11 Å². The third-order valence-corrected chi connectivity index (χ3v) is 3.15. The number of carbonyl (C=O) groups is 1. The molecule has 0 aliphatic heterocycles. The molecule has 0 fully saturated rings. The molecule has 1 unspecified atom stereocenters. The predicted octanol–water partition coefficient (Wildman–Crippen LogP) is 3.99. The summed E-state index contributed by atoms with van der Waals surface area (Å²) in [6, 6.07) is 15.9. The predicted molar refractivity (Wildman–Crippen MR) is 78.6 cm³/mol. The van der Waals surface area contributed by atoms with Crippen LogP contribution in [0.25, 0.3) is 11.1 Å². The minimum absolute atomic E-state index is 0.225. The maximum absolute atomic E-state index is 10.9. The highest BCUT2D eigenvalue weighted by molar-refractivity contribution is 5.67. The van der Waals surface area contributed by atoms with Crippen molar-refractivity contribution in [3.8, 4) is 16.9 Å². The molecule has 0 N–H and O–H groups in total. The second-order valence-corrected chi connectivity index (χ2v) is 4.60. The van der Waals surface area contributed by atoms with Gasteiger partial charge < -0.3 is 9.47 Å². The SMILES string of the molecule is COc1ccc(-c2ccc(C(C)OC(C)=O)cc2)cc1. The Morgan fingerprint density at radius 2 is 1.45 bits per heavy atom. The Balaban J connectivity index is 2.16.